The summed E-state index contributed by atoms with van der Waals surface area (Å²) in [4.78, 5) is 15.0. The van der Waals surface area contributed by atoms with E-state index in [-0.39, 0.29) is 16.3 Å². The third kappa shape index (κ3) is 4.80. The maximum absolute atomic E-state index is 12.4. The summed E-state index contributed by atoms with van der Waals surface area (Å²) in [6.45, 7) is 9.17. The van der Waals surface area contributed by atoms with E-state index in [9.17, 15) is 13.2 Å². The first-order chi connectivity index (χ1) is 11.1. The molecular weight excluding hydrogens is 324 g/mol. The Morgan fingerprint density at radius 1 is 1.38 bits per heavy atom. The quantitative estimate of drug-likeness (QED) is 0.883. The molecule has 0 aliphatic carbocycles. The van der Waals surface area contributed by atoms with Gasteiger partial charge in [0, 0.05) is 30.4 Å². The summed E-state index contributed by atoms with van der Waals surface area (Å²) in [7, 11) is -3.31. The zero-order valence-corrected chi connectivity index (χ0v) is 15.8. The van der Waals surface area contributed by atoms with Gasteiger partial charge in [-0.15, -0.1) is 0 Å². The number of sulfone groups is 1. The number of carbonyl (C=O) groups is 1. The fourth-order valence-electron chi connectivity index (χ4n) is 3.12. The maximum Gasteiger partial charge on any atom is 0.251 e. The lowest BCUT2D eigenvalue weighted by Crippen LogP contribution is -2.54. The number of amides is 1. The van der Waals surface area contributed by atoms with Gasteiger partial charge in [0.25, 0.3) is 5.91 Å². The van der Waals surface area contributed by atoms with Gasteiger partial charge in [0.05, 0.1) is 4.90 Å². The van der Waals surface area contributed by atoms with Crippen LogP contribution in [0.25, 0.3) is 0 Å². The number of likely N-dealkylation sites (tertiary alicyclic amines) is 1. The van der Waals surface area contributed by atoms with Crippen molar-refractivity contribution < 1.29 is 13.2 Å². The van der Waals surface area contributed by atoms with Crippen LogP contribution < -0.4 is 5.32 Å². The lowest BCUT2D eigenvalue weighted by atomic mass is 9.93. The number of nitrogens with zero attached hydrogens (tertiary/aromatic N) is 1. The number of nitrogens with one attached hydrogen (secondary N) is 1. The van der Waals surface area contributed by atoms with Crippen LogP contribution in [0.5, 0.6) is 0 Å². The zero-order chi connectivity index (χ0) is 18.0. The van der Waals surface area contributed by atoms with Crippen LogP contribution in [-0.4, -0.2) is 50.7 Å². The first-order valence-corrected chi connectivity index (χ1v) is 10.3. The maximum atomic E-state index is 12.4. The van der Waals surface area contributed by atoms with Crippen molar-refractivity contribution in [3.8, 4) is 0 Å². The number of hydrogen-bond acceptors (Lipinski definition) is 4. The Morgan fingerprint density at radius 2 is 2.08 bits per heavy atom. The normalized spacial score (nSPS) is 19.9. The first kappa shape index (κ1) is 18.9. The molecule has 1 aliphatic heterocycles. The second kappa shape index (κ2) is 7.23. The molecule has 24 heavy (non-hydrogen) atoms. The Balaban J connectivity index is 2.02. The van der Waals surface area contributed by atoms with E-state index < -0.39 is 9.84 Å². The molecule has 1 aromatic carbocycles. The molecule has 1 unspecified atom stereocenters. The van der Waals surface area contributed by atoms with Crippen molar-refractivity contribution in [3.63, 3.8) is 0 Å². The van der Waals surface area contributed by atoms with Crippen LogP contribution in [0.4, 0.5) is 0 Å². The van der Waals surface area contributed by atoms with Crippen LogP contribution in [0.3, 0.4) is 0 Å². The Labute approximate surface area is 145 Å². The lowest BCUT2D eigenvalue weighted by Gasteiger charge is -2.43. The molecule has 2 rings (SSSR count). The summed E-state index contributed by atoms with van der Waals surface area (Å²) in [5.74, 6) is 0.443. The van der Waals surface area contributed by atoms with Gasteiger partial charge in [-0.05, 0) is 57.4 Å². The van der Waals surface area contributed by atoms with Crippen LogP contribution in [0.2, 0.25) is 0 Å². The molecule has 5 nitrogen and oxygen atoms in total. The first-order valence-electron chi connectivity index (χ1n) is 8.43. The van der Waals surface area contributed by atoms with Gasteiger partial charge in [-0.3, -0.25) is 9.69 Å². The summed E-state index contributed by atoms with van der Waals surface area (Å²) >= 11 is 0. The van der Waals surface area contributed by atoms with E-state index in [4.69, 9.17) is 0 Å². The highest BCUT2D eigenvalue weighted by atomic mass is 32.2. The predicted octanol–water partition coefficient (Wildman–Crippen LogP) is 2.33. The highest BCUT2D eigenvalue weighted by Gasteiger charge is 2.30. The van der Waals surface area contributed by atoms with Gasteiger partial charge >= 0.3 is 0 Å². The van der Waals surface area contributed by atoms with E-state index >= 15 is 0 Å². The molecule has 1 amide bonds. The van der Waals surface area contributed by atoms with Crippen LogP contribution in [0.15, 0.2) is 29.2 Å². The second-order valence-electron chi connectivity index (χ2n) is 7.49. The molecule has 0 aromatic heterocycles. The van der Waals surface area contributed by atoms with Gasteiger partial charge < -0.3 is 5.32 Å². The Bertz CT molecular complexity index is 698. The molecule has 1 aliphatic rings. The molecule has 0 spiro atoms. The molecule has 1 N–H and O–H groups in total. The third-order valence-corrected chi connectivity index (χ3v) is 5.83. The van der Waals surface area contributed by atoms with Gasteiger partial charge in [0.15, 0.2) is 9.84 Å². The van der Waals surface area contributed by atoms with E-state index in [1.54, 1.807) is 12.1 Å². The van der Waals surface area contributed by atoms with E-state index in [2.05, 4.69) is 31.0 Å². The van der Waals surface area contributed by atoms with Gasteiger partial charge in [0.1, 0.15) is 0 Å². The van der Waals surface area contributed by atoms with Crippen LogP contribution in [-0.2, 0) is 9.84 Å². The van der Waals surface area contributed by atoms with Crippen molar-refractivity contribution in [2.45, 2.75) is 44.0 Å². The molecule has 1 atom stereocenters. The minimum atomic E-state index is -3.31. The molecule has 134 valence electrons. The smallest absolute Gasteiger partial charge is 0.251 e. The number of hydrogen-bond donors (Lipinski definition) is 1. The fourth-order valence-corrected chi connectivity index (χ4v) is 3.78. The van der Waals surface area contributed by atoms with E-state index in [0.717, 1.165) is 19.3 Å². The largest absolute Gasteiger partial charge is 0.350 e. The molecule has 0 saturated carbocycles. The SMILES string of the molecule is CC1CCCN(C(C)(C)CNC(=O)c2cccc(S(C)(=O)=O)c2)C1. The van der Waals surface area contributed by atoms with Gasteiger partial charge in [-0.2, -0.15) is 0 Å². The molecule has 1 heterocycles. The summed E-state index contributed by atoms with van der Waals surface area (Å²) in [5, 5.41) is 2.95. The van der Waals surface area contributed by atoms with E-state index in [0.29, 0.717) is 18.0 Å². The fraction of sp³-hybridized carbons (Fsp3) is 0.611. The van der Waals surface area contributed by atoms with Crippen molar-refractivity contribution in [2.24, 2.45) is 5.92 Å². The van der Waals surface area contributed by atoms with Gasteiger partial charge in [0.2, 0.25) is 0 Å². The Kier molecular flexibility index (Phi) is 5.71. The molecule has 0 radical (unpaired) electrons. The Morgan fingerprint density at radius 3 is 2.71 bits per heavy atom. The van der Waals surface area contributed by atoms with Gasteiger partial charge in [-0.1, -0.05) is 13.0 Å². The predicted molar refractivity (Wildman–Crippen MR) is 95.9 cm³/mol. The third-order valence-electron chi connectivity index (χ3n) is 4.72. The monoisotopic (exact) mass is 352 g/mol. The standard InChI is InChI=1S/C18H28N2O3S/c1-14-7-6-10-20(12-14)18(2,3)13-19-17(21)15-8-5-9-16(11-15)24(4,22)23/h5,8-9,11,14H,6-7,10,12-13H2,1-4H3,(H,19,21). The number of benzene rings is 1. The van der Waals surface area contributed by atoms with E-state index in [1.807, 2.05) is 0 Å². The molecule has 1 saturated heterocycles. The topological polar surface area (TPSA) is 66.5 Å². The summed E-state index contributed by atoms with van der Waals surface area (Å²) in [6, 6.07) is 6.18. The molecule has 1 fully saturated rings. The van der Waals surface area contributed by atoms with Gasteiger partial charge in [-0.25, -0.2) is 8.42 Å². The van der Waals surface area contributed by atoms with Crippen molar-refractivity contribution in [1.29, 1.82) is 0 Å². The minimum Gasteiger partial charge on any atom is -0.350 e. The highest BCUT2D eigenvalue weighted by molar-refractivity contribution is 7.90. The van der Waals surface area contributed by atoms with Crippen molar-refractivity contribution in [3.05, 3.63) is 29.8 Å². The van der Waals surface area contributed by atoms with Crippen LogP contribution >= 0.6 is 0 Å². The summed E-state index contributed by atoms with van der Waals surface area (Å²) in [5.41, 5.74) is 0.249. The average molecular weight is 353 g/mol. The van der Waals surface area contributed by atoms with Crippen molar-refractivity contribution in [1.82, 2.24) is 10.2 Å². The van der Waals surface area contributed by atoms with Crippen molar-refractivity contribution in [2.75, 3.05) is 25.9 Å². The molecule has 6 heteroatoms. The molecule has 1 aromatic rings. The zero-order valence-electron chi connectivity index (χ0n) is 15.0. The summed E-state index contributed by atoms with van der Waals surface area (Å²) < 4.78 is 23.2. The highest BCUT2D eigenvalue weighted by Crippen LogP contribution is 2.23. The Hall–Kier alpha value is -1.40. The molecule has 0 bridgehead atoms. The van der Waals surface area contributed by atoms with Crippen molar-refractivity contribution >= 4 is 15.7 Å². The van der Waals surface area contributed by atoms with E-state index in [1.165, 1.54) is 25.0 Å². The summed E-state index contributed by atoms with van der Waals surface area (Å²) in [6.07, 6.45) is 3.59. The lowest BCUT2D eigenvalue weighted by molar-refractivity contribution is 0.0657. The van der Waals surface area contributed by atoms with Crippen LogP contribution in [0, 0.1) is 5.92 Å². The molecular formula is C18H28N2O3S. The number of carbonyl (C=O) groups excluding carboxylic acids is 1. The number of rotatable bonds is 5. The minimum absolute atomic E-state index is 0.126. The number of piperidine rings is 1. The second-order valence-corrected chi connectivity index (χ2v) is 9.50. The van der Waals surface area contributed by atoms with Crippen LogP contribution in [0.1, 0.15) is 44.0 Å². The average Bonchev–Trinajstić information content (AvgIpc) is 2.52.